The van der Waals surface area contributed by atoms with E-state index in [1.165, 1.54) is 18.4 Å². The molecule has 0 radical (unpaired) electrons. The summed E-state index contributed by atoms with van der Waals surface area (Å²) in [4.78, 5) is 27.0. The van der Waals surface area contributed by atoms with Crippen LogP contribution in [0.1, 0.15) is 55.8 Å². The van der Waals surface area contributed by atoms with Crippen molar-refractivity contribution in [1.82, 2.24) is 0 Å². The molecule has 0 spiro atoms. The van der Waals surface area contributed by atoms with E-state index in [-0.39, 0.29) is 11.8 Å². The monoisotopic (exact) mass is 399 g/mol. The fourth-order valence-electron chi connectivity index (χ4n) is 2.74. The van der Waals surface area contributed by atoms with Gasteiger partial charge in [0.1, 0.15) is 5.00 Å². The molecule has 1 aromatic carbocycles. The Morgan fingerprint density at radius 2 is 1.93 bits per heavy atom. The van der Waals surface area contributed by atoms with Crippen molar-refractivity contribution in [2.45, 2.75) is 26.2 Å². The van der Waals surface area contributed by atoms with Crippen LogP contribution in [-0.4, -0.2) is 19.0 Å². The molecular formula is C21H21NO3S2. The first-order valence-electron chi connectivity index (χ1n) is 8.69. The number of benzene rings is 1. The molecule has 27 heavy (non-hydrogen) atoms. The van der Waals surface area contributed by atoms with Gasteiger partial charge in [-0.05, 0) is 24.1 Å². The zero-order valence-electron chi connectivity index (χ0n) is 15.4. The third kappa shape index (κ3) is 4.28. The Morgan fingerprint density at radius 1 is 1.19 bits per heavy atom. The third-order valence-corrected chi connectivity index (χ3v) is 6.69. The normalized spacial score (nSPS) is 11.8. The van der Waals surface area contributed by atoms with Crippen molar-refractivity contribution in [1.29, 1.82) is 0 Å². The Labute approximate surface area is 166 Å². The zero-order chi connectivity index (χ0) is 19.4. The van der Waals surface area contributed by atoms with Crippen molar-refractivity contribution < 1.29 is 14.3 Å². The van der Waals surface area contributed by atoms with Crippen LogP contribution in [0, 0.1) is 0 Å². The molecule has 0 saturated carbocycles. The van der Waals surface area contributed by atoms with Crippen molar-refractivity contribution in [2.24, 2.45) is 0 Å². The standard InChI is InChI=1S/C21H21NO3S2/c1-4-16-10-15(12-26-16)19(23)22-20-17(21(24)25-3)11-18(27-20)13(2)14-8-6-5-7-9-14/h5-13H,4H2,1-3H3,(H,22,23)/t13-/m1/s1. The van der Waals surface area contributed by atoms with Crippen LogP contribution in [0.15, 0.2) is 47.8 Å². The highest BCUT2D eigenvalue weighted by Gasteiger charge is 2.22. The van der Waals surface area contributed by atoms with E-state index in [2.05, 4.69) is 31.3 Å². The van der Waals surface area contributed by atoms with E-state index in [0.29, 0.717) is 16.1 Å². The highest BCUT2D eigenvalue weighted by Crippen LogP contribution is 2.36. The summed E-state index contributed by atoms with van der Waals surface area (Å²) in [5.41, 5.74) is 2.15. The Bertz CT molecular complexity index is 944. The molecule has 2 aromatic heterocycles. The van der Waals surface area contributed by atoms with Gasteiger partial charge in [-0.2, -0.15) is 0 Å². The van der Waals surface area contributed by atoms with Crippen LogP contribution >= 0.6 is 22.7 Å². The van der Waals surface area contributed by atoms with Gasteiger partial charge in [0.25, 0.3) is 5.91 Å². The van der Waals surface area contributed by atoms with Crippen LogP contribution in [0.4, 0.5) is 5.00 Å². The average molecular weight is 400 g/mol. The summed E-state index contributed by atoms with van der Waals surface area (Å²) >= 11 is 2.97. The highest BCUT2D eigenvalue weighted by molar-refractivity contribution is 7.16. The minimum absolute atomic E-state index is 0.109. The summed E-state index contributed by atoms with van der Waals surface area (Å²) in [5.74, 6) is -0.553. The van der Waals surface area contributed by atoms with Gasteiger partial charge in [-0.3, -0.25) is 4.79 Å². The molecule has 1 atom stereocenters. The lowest BCUT2D eigenvalue weighted by Gasteiger charge is -2.09. The second kappa shape index (κ2) is 8.50. The molecule has 0 aliphatic carbocycles. The van der Waals surface area contributed by atoms with Gasteiger partial charge in [-0.15, -0.1) is 22.7 Å². The SMILES string of the molecule is CCc1cc(C(=O)Nc2sc([C@H](C)c3ccccc3)cc2C(=O)OC)cs1. The predicted molar refractivity (Wildman–Crippen MR) is 111 cm³/mol. The summed E-state index contributed by atoms with van der Waals surface area (Å²) < 4.78 is 4.90. The van der Waals surface area contributed by atoms with Crippen LogP contribution in [0.2, 0.25) is 0 Å². The number of thiophene rings is 2. The highest BCUT2D eigenvalue weighted by atomic mass is 32.1. The first kappa shape index (κ1) is 19.3. The van der Waals surface area contributed by atoms with Gasteiger partial charge in [0.15, 0.2) is 0 Å². The zero-order valence-corrected chi connectivity index (χ0v) is 17.1. The molecular weight excluding hydrogens is 378 g/mol. The number of methoxy groups -OCH3 is 1. The van der Waals surface area contributed by atoms with Gasteiger partial charge in [0.2, 0.25) is 0 Å². The minimum Gasteiger partial charge on any atom is -0.465 e. The molecule has 0 bridgehead atoms. The number of hydrogen-bond donors (Lipinski definition) is 1. The number of rotatable bonds is 6. The van der Waals surface area contributed by atoms with E-state index < -0.39 is 5.97 Å². The molecule has 0 aliphatic heterocycles. The molecule has 4 nitrogen and oxygen atoms in total. The maximum absolute atomic E-state index is 12.6. The second-order valence-electron chi connectivity index (χ2n) is 6.12. The molecule has 0 saturated heterocycles. The third-order valence-electron chi connectivity index (χ3n) is 4.37. The van der Waals surface area contributed by atoms with Gasteiger partial charge in [-0.1, -0.05) is 44.2 Å². The maximum Gasteiger partial charge on any atom is 0.340 e. The first-order valence-corrected chi connectivity index (χ1v) is 10.4. The largest absolute Gasteiger partial charge is 0.465 e. The van der Waals surface area contributed by atoms with E-state index in [0.717, 1.165) is 21.7 Å². The molecule has 6 heteroatoms. The Kier molecular flexibility index (Phi) is 6.08. The summed E-state index contributed by atoms with van der Waals surface area (Å²) in [6, 6.07) is 13.8. The van der Waals surface area contributed by atoms with E-state index in [4.69, 9.17) is 4.74 Å². The lowest BCUT2D eigenvalue weighted by molar-refractivity contribution is 0.0602. The molecule has 0 unspecified atom stereocenters. The molecule has 1 amide bonds. The summed E-state index contributed by atoms with van der Waals surface area (Å²) in [6.07, 6.45) is 0.892. The predicted octanol–water partition coefficient (Wildman–Crippen LogP) is 5.56. The van der Waals surface area contributed by atoms with Crippen LogP contribution in [0.25, 0.3) is 0 Å². The number of amides is 1. The van der Waals surface area contributed by atoms with Crippen LogP contribution in [0.5, 0.6) is 0 Å². The Morgan fingerprint density at radius 3 is 2.56 bits per heavy atom. The first-order chi connectivity index (χ1) is 13.0. The van der Waals surface area contributed by atoms with Crippen LogP contribution in [0.3, 0.4) is 0 Å². The van der Waals surface area contributed by atoms with E-state index in [9.17, 15) is 9.59 Å². The number of nitrogens with one attached hydrogen (secondary N) is 1. The lowest BCUT2D eigenvalue weighted by Crippen LogP contribution is -2.12. The van der Waals surface area contributed by atoms with Crippen LogP contribution in [-0.2, 0) is 11.2 Å². The number of aryl methyl sites for hydroxylation is 1. The number of anilines is 1. The van der Waals surface area contributed by atoms with Gasteiger partial charge in [0, 0.05) is 21.1 Å². The molecule has 3 aromatic rings. The second-order valence-corrected chi connectivity index (χ2v) is 8.20. The van der Waals surface area contributed by atoms with Crippen molar-refractivity contribution in [2.75, 3.05) is 12.4 Å². The topological polar surface area (TPSA) is 55.4 Å². The molecule has 0 fully saturated rings. The summed E-state index contributed by atoms with van der Waals surface area (Å²) in [7, 11) is 1.35. The molecule has 1 N–H and O–H groups in total. The van der Waals surface area contributed by atoms with Crippen molar-refractivity contribution in [3.05, 3.63) is 74.3 Å². The fourth-order valence-corrected chi connectivity index (χ4v) is 4.68. The summed E-state index contributed by atoms with van der Waals surface area (Å²) in [6.45, 7) is 4.14. The lowest BCUT2D eigenvalue weighted by atomic mass is 9.99. The number of hydrogen-bond acceptors (Lipinski definition) is 5. The average Bonchev–Trinajstić information content (AvgIpc) is 3.34. The number of esters is 1. The molecule has 140 valence electrons. The van der Waals surface area contributed by atoms with Gasteiger partial charge >= 0.3 is 5.97 Å². The Hall–Kier alpha value is -2.44. The Balaban J connectivity index is 1.90. The van der Waals surface area contributed by atoms with E-state index in [1.54, 1.807) is 11.3 Å². The molecule has 0 aliphatic rings. The molecule has 2 heterocycles. The van der Waals surface area contributed by atoms with Crippen molar-refractivity contribution >= 4 is 39.6 Å². The smallest absolute Gasteiger partial charge is 0.340 e. The minimum atomic E-state index is -0.451. The van der Waals surface area contributed by atoms with Crippen molar-refractivity contribution in [3.63, 3.8) is 0 Å². The fraction of sp³-hybridized carbons (Fsp3) is 0.238. The summed E-state index contributed by atoms with van der Waals surface area (Å²) in [5, 5.41) is 5.25. The number of carbonyl (C=O) groups is 2. The number of ether oxygens (including phenoxy) is 1. The van der Waals surface area contributed by atoms with E-state index in [1.807, 2.05) is 35.7 Å². The van der Waals surface area contributed by atoms with Gasteiger partial charge in [-0.25, -0.2) is 4.79 Å². The maximum atomic E-state index is 12.6. The van der Waals surface area contributed by atoms with Gasteiger partial charge < -0.3 is 10.1 Å². The number of carbonyl (C=O) groups excluding carboxylic acids is 2. The van der Waals surface area contributed by atoms with E-state index >= 15 is 0 Å². The van der Waals surface area contributed by atoms with Crippen molar-refractivity contribution in [3.8, 4) is 0 Å². The van der Waals surface area contributed by atoms with Gasteiger partial charge in [0.05, 0.1) is 18.2 Å². The van der Waals surface area contributed by atoms with Crippen LogP contribution < -0.4 is 5.32 Å². The quantitative estimate of drug-likeness (QED) is 0.552. The molecule has 3 rings (SSSR count).